The van der Waals surface area contributed by atoms with E-state index >= 15 is 0 Å². The van der Waals surface area contributed by atoms with Crippen molar-refractivity contribution < 1.29 is 0 Å². The molecule has 126 valence electrons. The maximum Gasteiger partial charge on any atom is 0.156 e. The molecule has 0 amide bonds. The number of hydrogen-bond acceptors (Lipinski definition) is 2. The zero-order valence-corrected chi connectivity index (χ0v) is 14.7. The Morgan fingerprint density at radius 3 is 2.62 bits per heavy atom. The lowest BCUT2D eigenvalue weighted by Gasteiger charge is -2.28. The van der Waals surface area contributed by atoms with Crippen molar-refractivity contribution in [3.05, 3.63) is 82.5 Å². The molecule has 0 unspecified atom stereocenters. The largest absolute Gasteiger partial charge is 0.296 e. The van der Waals surface area contributed by atoms with Crippen LogP contribution in [0.1, 0.15) is 40.3 Å². The Bertz CT molecular complexity index is 1180. The number of aromatic nitrogens is 2. The molecule has 3 heteroatoms. The van der Waals surface area contributed by atoms with Crippen LogP contribution in [0.25, 0.3) is 16.7 Å². The van der Waals surface area contributed by atoms with Crippen molar-refractivity contribution in [1.82, 2.24) is 9.38 Å². The van der Waals surface area contributed by atoms with Crippen molar-refractivity contribution in [2.75, 3.05) is 0 Å². The third-order valence-corrected chi connectivity index (χ3v) is 5.80. The Morgan fingerprint density at radius 2 is 1.81 bits per heavy atom. The van der Waals surface area contributed by atoms with E-state index in [1.807, 2.05) is 18.2 Å². The summed E-state index contributed by atoms with van der Waals surface area (Å²) in [5, 5.41) is 9.89. The fraction of sp³-hybridized carbons (Fsp3) is 0.217. The van der Waals surface area contributed by atoms with Crippen LogP contribution in [-0.4, -0.2) is 9.38 Å². The average molecular weight is 337 g/mol. The number of pyridine rings is 1. The van der Waals surface area contributed by atoms with Gasteiger partial charge in [-0.15, -0.1) is 0 Å². The lowest BCUT2D eigenvalue weighted by Crippen LogP contribution is -2.18. The van der Waals surface area contributed by atoms with Gasteiger partial charge < -0.3 is 0 Å². The minimum atomic E-state index is 0.515. The molecule has 0 radical (unpaired) electrons. The Hall–Kier alpha value is -3.12. The van der Waals surface area contributed by atoms with Crippen molar-refractivity contribution in [2.45, 2.75) is 32.1 Å². The van der Waals surface area contributed by atoms with E-state index in [-0.39, 0.29) is 0 Å². The minimum absolute atomic E-state index is 0.515. The first kappa shape index (κ1) is 15.2. The number of aryl methyl sites for hydroxylation is 1. The monoisotopic (exact) mass is 337 g/mol. The summed E-state index contributed by atoms with van der Waals surface area (Å²) >= 11 is 0. The lowest BCUT2D eigenvalue weighted by molar-refractivity contribution is 0.579. The molecule has 3 nitrogen and oxygen atoms in total. The molecule has 0 saturated heterocycles. The Morgan fingerprint density at radius 1 is 1.04 bits per heavy atom. The zero-order valence-electron chi connectivity index (χ0n) is 14.7. The van der Waals surface area contributed by atoms with Crippen LogP contribution in [0.5, 0.6) is 0 Å². The van der Waals surface area contributed by atoms with Crippen LogP contribution >= 0.6 is 0 Å². The molecule has 2 aromatic carbocycles. The van der Waals surface area contributed by atoms with Gasteiger partial charge in [-0.3, -0.25) is 4.40 Å². The van der Waals surface area contributed by atoms with Gasteiger partial charge in [0.25, 0.3) is 0 Å². The van der Waals surface area contributed by atoms with E-state index < -0.39 is 0 Å². The second-order valence-electron chi connectivity index (χ2n) is 7.14. The van der Waals surface area contributed by atoms with Crippen LogP contribution in [0.2, 0.25) is 0 Å². The van der Waals surface area contributed by atoms with Gasteiger partial charge in [-0.2, -0.15) is 5.26 Å². The first-order chi connectivity index (χ1) is 12.8. The van der Waals surface area contributed by atoms with Crippen LogP contribution in [-0.2, 0) is 12.8 Å². The summed E-state index contributed by atoms with van der Waals surface area (Å²) in [7, 11) is 0. The number of nitrogens with zero attached hydrogens (tertiary/aromatic N) is 3. The number of imidazole rings is 1. The Kier molecular flexibility index (Phi) is 3.33. The van der Waals surface area contributed by atoms with Crippen LogP contribution in [0.4, 0.5) is 0 Å². The third kappa shape index (κ3) is 2.09. The van der Waals surface area contributed by atoms with Gasteiger partial charge in [0.15, 0.2) is 5.65 Å². The van der Waals surface area contributed by atoms with E-state index in [0.29, 0.717) is 5.92 Å². The molecular formula is C23H19N3. The number of fused-ring (bicyclic) bond motifs is 4. The van der Waals surface area contributed by atoms with E-state index in [1.54, 1.807) is 0 Å². The molecule has 1 atom stereocenters. The van der Waals surface area contributed by atoms with Crippen molar-refractivity contribution in [3.63, 3.8) is 0 Å². The van der Waals surface area contributed by atoms with E-state index in [9.17, 15) is 5.26 Å². The fourth-order valence-corrected chi connectivity index (χ4v) is 4.51. The molecule has 0 saturated carbocycles. The zero-order chi connectivity index (χ0) is 17.7. The van der Waals surface area contributed by atoms with E-state index in [0.717, 1.165) is 41.5 Å². The summed E-state index contributed by atoms with van der Waals surface area (Å²) in [5.41, 5.74) is 8.76. The predicted molar refractivity (Wildman–Crippen MR) is 103 cm³/mol. The minimum Gasteiger partial charge on any atom is -0.296 e. The van der Waals surface area contributed by atoms with Gasteiger partial charge in [0.05, 0.1) is 16.6 Å². The second kappa shape index (κ2) is 5.71. The number of benzene rings is 2. The molecule has 0 fully saturated rings. The molecule has 1 aliphatic carbocycles. The van der Waals surface area contributed by atoms with Crippen LogP contribution in [0.15, 0.2) is 54.6 Å². The van der Waals surface area contributed by atoms with Crippen molar-refractivity contribution >= 4 is 16.7 Å². The molecule has 4 aromatic rings. The number of nitriles is 1. The molecule has 5 rings (SSSR count). The molecular weight excluding hydrogens is 318 g/mol. The molecule has 2 heterocycles. The summed E-state index contributed by atoms with van der Waals surface area (Å²) in [6.07, 6.45) is 3.02. The normalized spacial score (nSPS) is 16.5. The SMILES string of the molecule is Cc1c2c(c(C#N)c3nc4ccccc4n13)CC[C@H](c1ccccc1)C2. The molecule has 0 N–H and O–H groups in total. The number of hydrogen-bond donors (Lipinski definition) is 0. The predicted octanol–water partition coefficient (Wildman–Crippen LogP) is 4.94. The maximum atomic E-state index is 9.89. The highest BCUT2D eigenvalue weighted by Gasteiger charge is 2.27. The molecule has 0 bridgehead atoms. The first-order valence-electron chi connectivity index (χ1n) is 9.14. The first-order valence-corrected chi connectivity index (χ1v) is 9.14. The van der Waals surface area contributed by atoms with Crippen LogP contribution < -0.4 is 0 Å². The van der Waals surface area contributed by atoms with E-state index in [1.165, 1.54) is 22.4 Å². The molecule has 0 spiro atoms. The lowest BCUT2D eigenvalue weighted by atomic mass is 9.78. The highest BCUT2D eigenvalue weighted by Crippen LogP contribution is 2.37. The average Bonchev–Trinajstić information content (AvgIpc) is 3.08. The molecule has 26 heavy (non-hydrogen) atoms. The number of para-hydroxylation sites is 2. The van der Waals surface area contributed by atoms with Crippen molar-refractivity contribution in [1.29, 1.82) is 5.26 Å². The van der Waals surface area contributed by atoms with Gasteiger partial charge in [-0.05, 0) is 60.9 Å². The van der Waals surface area contributed by atoms with Gasteiger partial charge in [0.2, 0.25) is 0 Å². The quantitative estimate of drug-likeness (QED) is 0.493. The van der Waals surface area contributed by atoms with Gasteiger partial charge >= 0.3 is 0 Å². The maximum absolute atomic E-state index is 9.89. The smallest absolute Gasteiger partial charge is 0.156 e. The van der Waals surface area contributed by atoms with Gasteiger partial charge in [0, 0.05) is 5.69 Å². The Labute approximate surface area is 152 Å². The summed E-state index contributed by atoms with van der Waals surface area (Å²) in [4.78, 5) is 4.77. The summed E-state index contributed by atoms with van der Waals surface area (Å²) in [5.74, 6) is 0.515. The highest BCUT2D eigenvalue weighted by atomic mass is 15.0. The number of rotatable bonds is 1. The van der Waals surface area contributed by atoms with Gasteiger partial charge in [-0.1, -0.05) is 42.5 Å². The summed E-state index contributed by atoms with van der Waals surface area (Å²) in [6, 6.07) is 21.4. The molecule has 2 aromatic heterocycles. The molecule has 1 aliphatic rings. The third-order valence-electron chi connectivity index (χ3n) is 5.80. The van der Waals surface area contributed by atoms with E-state index in [4.69, 9.17) is 4.98 Å². The van der Waals surface area contributed by atoms with Crippen molar-refractivity contribution in [2.24, 2.45) is 0 Å². The van der Waals surface area contributed by atoms with Gasteiger partial charge in [0.1, 0.15) is 6.07 Å². The standard InChI is InChI=1S/C23H19N3/c1-15-19-13-17(16-7-3-2-4-8-16)11-12-18(19)20(14-24)23-25-21-9-5-6-10-22(21)26(15)23/h2-10,17H,11-13H2,1H3/t17-/m0/s1. The van der Waals surface area contributed by atoms with Crippen LogP contribution in [0, 0.1) is 18.3 Å². The second-order valence-corrected chi connectivity index (χ2v) is 7.14. The fourth-order valence-electron chi connectivity index (χ4n) is 4.51. The van der Waals surface area contributed by atoms with Crippen LogP contribution in [0.3, 0.4) is 0 Å². The Balaban J connectivity index is 1.77. The van der Waals surface area contributed by atoms with Crippen molar-refractivity contribution in [3.8, 4) is 6.07 Å². The topological polar surface area (TPSA) is 41.1 Å². The van der Waals surface area contributed by atoms with Gasteiger partial charge in [-0.25, -0.2) is 4.98 Å². The van der Waals surface area contributed by atoms with E-state index in [2.05, 4.69) is 53.8 Å². The highest BCUT2D eigenvalue weighted by molar-refractivity contribution is 5.83. The summed E-state index contributed by atoms with van der Waals surface area (Å²) in [6.45, 7) is 2.18. The molecule has 0 aliphatic heterocycles. The summed E-state index contributed by atoms with van der Waals surface area (Å²) < 4.78 is 2.18.